The minimum absolute atomic E-state index is 0.0481. The highest BCUT2D eigenvalue weighted by molar-refractivity contribution is 5.73. The number of pyridine rings is 1. The average Bonchev–Trinajstić information content (AvgIpc) is 3.17. The van der Waals surface area contributed by atoms with Gasteiger partial charge in [0, 0.05) is 19.2 Å². The molecule has 8 heteroatoms. The molecule has 0 spiro atoms. The van der Waals surface area contributed by atoms with Gasteiger partial charge in [-0.2, -0.15) is 10.1 Å². The van der Waals surface area contributed by atoms with Crippen LogP contribution in [0.25, 0.3) is 11.0 Å². The van der Waals surface area contributed by atoms with Crippen molar-refractivity contribution in [2.75, 3.05) is 18.0 Å². The van der Waals surface area contributed by atoms with Gasteiger partial charge < -0.3 is 9.64 Å². The van der Waals surface area contributed by atoms with Crippen LogP contribution in [0.5, 0.6) is 5.75 Å². The number of hydrogen-bond acceptors (Lipinski definition) is 6. The van der Waals surface area contributed by atoms with Crippen LogP contribution < -0.4 is 15.2 Å². The van der Waals surface area contributed by atoms with Gasteiger partial charge in [0.05, 0.1) is 18.9 Å². The fraction of sp³-hybridized carbons (Fsp3) is 0.286. The molecule has 0 amide bonds. The minimum Gasteiger partial charge on any atom is -0.487 e. The molecule has 22 heavy (non-hydrogen) atoms. The van der Waals surface area contributed by atoms with E-state index in [9.17, 15) is 4.79 Å². The van der Waals surface area contributed by atoms with Gasteiger partial charge in [-0.15, -0.1) is 0 Å². The molecule has 0 bridgehead atoms. The minimum atomic E-state index is -0.189. The van der Waals surface area contributed by atoms with Crippen LogP contribution in [0.2, 0.25) is 0 Å². The quantitative estimate of drug-likeness (QED) is 0.738. The lowest BCUT2D eigenvalue weighted by Gasteiger charge is -2.17. The molecule has 3 aromatic heterocycles. The van der Waals surface area contributed by atoms with Crippen molar-refractivity contribution in [3.05, 3.63) is 41.1 Å². The molecular formula is C14H14N6O2. The Labute approximate surface area is 125 Å². The molecule has 0 aliphatic carbocycles. The zero-order valence-corrected chi connectivity index (χ0v) is 11.7. The summed E-state index contributed by atoms with van der Waals surface area (Å²) in [5.41, 5.74) is 0.306. The SMILES string of the molecule is O=c1[nH]c(N2CC[C@@H](Oc3cccnc3)C2)nc2[nH]ncc12. The molecule has 1 aliphatic heterocycles. The van der Waals surface area contributed by atoms with Gasteiger partial charge >= 0.3 is 0 Å². The fourth-order valence-corrected chi connectivity index (χ4v) is 2.61. The maximum absolute atomic E-state index is 12.0. The summed E-state index contributed by atoms with van der Waals surface area (Å²) in [6.07, 6.45) is 5.79. The smallest absolute Gasteiger partial charge is 0.263 e. The third-order valence-electron chi connectivity index (χ3n) is 3.69. The van der Waals surface area contributed by atoms with E-state index in [-0.39, 0.29) is 11.7 Å². The Morgan fingerprint density at radius 2 is 2.32 bits per heavy atom. The summed E-state index contributed by atoms with van der Waals surface area (Å²) in [6, 6.07) is 3.72. The van der Waals surface area contributed by atoms with Crippen LogP contribution in [-0.2, 0) is 0 Å². The second-order valence-corrected chi connectivity index (χ2v) is 5.19. The van der Waals surface area contributed by atoms with E-state index >= 15 is 0 Å². The van der Waals surface area contributed by atoms with Gasteiger partial charge in [0.15, 0.2) is 5.65 Å². The summed E-state index contributed by atoms with van der Waals surface area (Å²) >= 11 is 0. The van der Waals surface area contributed by atoms with Crippen LogP contribution in [0, 0.1) is 0 Å². The molecule has 1 aliphatic rings. The molecule has 8 nitrogen and oxygen atoms in total. The highest BCUT2D eigenvalue weighted by Crippen LogP contribution is 2.20. The monoisotopic (exact) mass is 298 g/mol. The Kier molecular flexibility index (Phi) is 2.99. The lowest BCUT2D eigenvalue weighted by molar-refractivity contribution is 0.224. The maximum atomic E-state index is 12.0. The van der Waals surface area contributed by atoms with Crippen LogP contribution >= 0.6 is 0 Å². The third-order valence-corrected chi connectivity index (χ3v) is 3.69. The lowest BCUT2D eigenvalue weighted by Crippen LogP contribution is -2.27. The number of aromatic amines is 2. The zero-order valence-electron chi connectivity index (χ0n) is 11.7. The highest BCUT2D eigenvalue weighted by atomic mass is 16.5. The van der Waals surface area contributed by atoms with Crippen LogP contribution in [-0.4, -0.2) is 44.3 Å². The van der Waals surface area contributed by atoms with Gasteiger partial charge in [-0.25, -0.2) is 0 Å². The molecule has 0 saturated carbocycles. The molecule has 3 aromatic rings. The Morgan fingerprint density at radius 1 is 1.36 bits per heavy atom. The van der Waals surface area contributed by atoms with Crippen molar-refractivity contribution in [1.82, 2.24) is 25.1 Å². The van der Waals surface area contributed by atoms with Gasteiger partial charge in [0.25, 0.3) is 5.56 Å². The van der Waals surface area contributed by atoms with Gasteiger partial charge in [-0.1, -0.05) is 0 Å². The van der Waals surface area contributed by atoms with E-state index in [1.807, 2.05) is 17.0 Å². The van der Waals surface area contributed by atoms with Gasteiger partial charge in [0.1, 0.15) is 17.2 Å². The predicted octanol–water partition coefficient (Wildman–Crippen LogP) is 0.699. The molecule has 4 heterocycles. The topological polar surface area (TPSA) is 99.8 Å². The second-order valence-electron chi connectivity index (χ2n) is 5.19. The summed E-state index contributed by atoms with van der Waals surface area (Å²) in [5, 5.41) is 7.03. The van der Waals surface area contributed by atoms with Crippen molar-refractivity contribution in [2.24, 2.45) is 0 Å². The third kappa shape index (κ3) is 2.28. The molecule has 1 atom stereocenters. The maximum Gasteiger partial charge on any atom is 0.263 e. The Bertz CT molecular complexity index is 843. The lowest BCUT2D eigenvalue weighted by atomic mass is 10.3. The first kappa shape index (κ1) is 12.8. The number of fused-ring (bicyclic) bond motifs is 1. The van der Waals surface area contributed by atoms with Crippen molar-refractivity contribution < 1.29 is 4.74 Å². The standard InChI is InChI=1S/C14H14N6O2/c21-13-11-7-16-19-12(11)17-14(18-13)20-5-3-10(8-20)22-9-2-1-4-15-6-9/h1-2,4,6-7,10H,3,5,8H2,(H2,16,17,18,19,21)/t10-/m1/s1. The average molecular weight is 298 g/mol. The molecule has 1 fully saturated rings. The molecule has 2 N–H and O–H groups in total. The van der Waals surface area contributed by atoms with Crippen LogP contribution in [0.3, 0.4) is 0 Å². The van der Waals surface area contributed by atoms with Gasteiger partial charge in [0.2, 0.25) is 5.95 Å². The van der Waals surface area contributed by atoms with E-state index in [1.54, 1.807) is 12.4 Å². The summed E-state index contributed by atoms with van der Waals surface area (Å²) in [7, 11) is 0. The van der Waals surface area contributed by atoms with Crippen molar-refractivity contribution >= 4 is 17.0 Å². The summed E-state index contributed by atoms with van der Waals surface area (Å²) in [4.78, 5) is 25.2. The number of anilines is 1. The summed E-state index contributed by atoms with van der Waals surface area (Å²) in [6.45, 7) is 1.44. The van der Waals surface area contributed by atoms with Crippen LogP contribution in [0.15, 0.2) is 35.5 Å². The van der Waals surface area contributed by atoms with Crippen molar-refractivity contribution in [3.63, 3.8) is 0 Å². The van der Waals surface area contributed by atoms with E-state index < -0.39 is 0 Å². The molecule has 112 valence electrons. The van der Waals surface area contributed by atoms with E-state index in [2.05, 4.69) is 25.1 Å². The van der Waals surface area contributed by atoms with E-state index in [0.717, 1.165) is 18.7 Å². The Morgan fingerprint density at radius 3 is 3.18 bits per heavy atom. The first-order chi connectivity index (χ1) is 10.8. The number of hydrogen-bond donors (Lipinski definition) is 2. The Hall–Kier alpha value is -2.90. The number of H-pyrrole nitrogens is 2. The molecule has 4 rings (SSSR count). The number of rotatable bonds is 3. The molecule has 0 aromatic carbocycles. The number of aromatic nitrogens is 5. The van der Waals surface area contributed by atoms with Crippen molar-refractivity contribution in [3.8, 4) is 5.75 Å². The van der Waals surface area contributed by atoms with Gasteiger partial charge in [-0.3, -0.25) is 19.9 Å². The number of nitrogens with zero attached hydrogens (tertiary/aromatic N) is 4. The second kappa shape index (κ2) is 5.14. The molecule has 1 saturated heterocycles. The first-order valence-corrected chi connectivity index (χ1v) is 7.04. The van der Waals surface area contributed by atoms with Gasteiger partial charge in [-0.05, 0) is 12.1 Å². The largest absolute Gasteiger partial charge is 0.487 e. The predicted molar refractivity (Wildman–Crippen MR) is 80.0 cm³/mol. The van der Waals surface area contributed by atoms with E-state index in [1.165, 1.54) is 6.20 Å². The number of ether oxygens (including phenoxy) is 1. The van der Waals surface area contributed by atoms with E-state index in [4.69, 9.17) is 4.74 Å². The molecule has 0 unspecified atom stereocenters. The zero-order chi connectivity index (χ0) is 14.9. The molecular weight excluding hydrogens is 284 g/mol. The number of nitrogens with one attached hydrogen (secondary N) is 2. The molecule has 0 radical (unpaired) electrons. The van der Waals surface area contributed by atoms with Crippen LogP contribution in [0.4, 0.5) is 5.95 Å². The van der Waals surface area contributed by atoms with E-state index in [0.29, 0.717) is 23.5 Å². The Balaban J connectivity index is 1.53. The van der Waals surface area contributed by atoms with Crippen molar-refractivity contribution in [1.29, 1.82) is 0 Å². The fourth-order valence-electron chi connectivity index (χ4n) is 2.61. The highest BCUT2D eigenvalue weighted by Gasteiger charge is 2.26. The normalized spacial score (nSPS) is 18.0. The summed E-state index contributed by atoms with van der Waals surface area (Å²) in [5.74, 6) is 1.29. The van der Waals surface area contributed by atoms with Crippen LogP contribution in [0.1, 0.15) is 6.42 Å². The first-order valence-electron chi connectivity index (χ1n) is 7.04. The summed E-state index contributed by atoms with van der Waals surface area (Å²) < 4.78 is 5.89. The van der Waals surface area contributed by atoms with Crippen molar-refractivity contribution in [2.45, 2.75) is 12.5 Å².